The summed E-state index contributed by atoms with van der Waals surface area (Å²) in [5.41, 5.74) is 1.08. The minimum absolute atomic E-state index is 0.0984. The number of furan rings is 2. The molecule has 0 unspecified atom stereocenters. The van der Waals surface area contributed by atoms with Crippen molar-refractivity contribution in [2.75, 3.05) is 5.32 Å². The fraction of sp³-hybridized carbons (Fsp3) is 0.0476. The summed E-state index contributed by atoms with van der Waals surface area (Å²) >= 11 is 2.69. The first-order valence-electron chi connectivity index (χ1n) is 8.78. The quantitative estimate of drug-likeness (QED) is 0.241. The maximum atomic E-state index is 12.4. The van der Waals surface area contributed by atoms with Crippen molar-refractivity contribution in [3.8, 4) is 16.8 Å². The molecule has 0 atom stereocenters. The predicted molar refractivity (Wildman–Crippen MR) is 115 cm³/mol. The molecule has 0 spiro atoms. The number of carbonyl (C=O) groups is 1. The minimum atomic E-state index is -0.588. The second-order valence-electron chi connectivity index (χ2n) is 5.94. The Morgan fingerprint density at radius 1 is 1.17 bits per heavy atom. The molecule has 1 amide bonds. The molecule has 3 aromatic heterocycles. The molecule has 0 bridgehead atoms. The number of hydrogen-bond donors (Lipinski definition) is 1. The molecule has 1 aromatic carbocycles. The first kappa shape index (κ1) is 19.7. The number of thioether (sulfide) groups is 1. The van der Waals surface area contributed by atoms with E-state index in [1.807, 2.05) is 42.5 Å². The Morgan fingerprint density at radius 2 is 2.03 bits per heavy atom. The fourth-order valence-electron chi connectivity index (χ4n) is 2.45. The number of amides is 1. The Labute approximate surface area is 180 Å². The average molecular weight is 435 g/mol. The molecule has 0 radical (unpaired) electrons. The highest BCUT2D eigenvalue weighted by Gasteiger charge is 2.15. The lowest BCUT2D eigenvalue weighted by atomic mass is 10.2. The molecule has 4 rings (SSSR count). The van der Waals surface area contributed by atoms with Crippen LogP contribution in [-0.4, -0.2) is 16.1 Å². The van der Waals surface area contributed by atoms with Crippen molar-refractivity contribution in [3.63, 3.8) is 0 Å². The maximum Gasteiger partial charge on any atom is 0.268 e. The van der Waals surface area contributed by atoms with Crippen LogP contribution in [0.3, 0.4) is 0 Å². The lowest BCUT2D eigenvalue weighted by molar-refractivity contribution is -0.112. The molecule has 0 aliphatic carbocycles. The van der Waals surface area contributed by atoms with Crippen LogP contribution < -0.4 is 5.32 Å². The lowest BCUT2D eigenvalue weighted by Gasteiger charge is -1.99. The van der Waals surface area contributed by atoms with Gasteiger partial charge in [-0.3, -0.25) is 10.1 Å². The molecule has 0 saturated heterocycles. The van der Waals surface area contributed by atoms with E-state index in [-0.39, 0.29) is 10.7 Å². The summed E-state index contributed by atoms with van der Waals surface area (Å²) < 4.78 is 11.0. The number of aromatic nitrogens is 2. The van der Waals surface area contributed by atoms with Crippen molar-refractivity contribution in [2.24, 2.45) is 0 Å². The van der Waals surface area contributed by atoms with Gasteiger partial charge in [-0.15, -0.1) is 10.2 Å². The Morgan fingerprint density at radius 3 is 2.80 bits per heavy atom. The van der Waals surface area contributed by atoms with Crippen LogP contribution in [0.5, 0.6) is 0 Å². The zero-order valence-electron chi connectivity index (χ0n) is 15.4. The van der Waals surface area contributed by atoms with Crippen LogP contribution >= 0.6 is 23.1 Å². The summed E-state index contributed by atoms with van der Waals surface area (Å²) in [6.45, 7) is 0. The molecule has 0 aliphatic rings. The van der Waals surface area contributed by atoms with Gasteiger partial charge in [0.05, 0.1) is 6.26 Å². The molecule has 3 heterocycles. The normalized spacial score (nSPS) is 11.2. The number of nitrogens with one attached hydrogen (secondary N) is 1. The Kier molecular flexibility index (Phi) is 6.08. The van der Waals surface area contributed by atoms with Gasteiger partial charge in [-0.1, -0.05) is 53.4 Å². The highest BCUT2D eigenvalue weighted by Crippen LogP contribution is 2.28. The first-order chi connectivity index (χ1) is 14.7. The van der Waals surface area contributed by atoms with Crippen LogP contribution in [0, 0.1) is 11.3 Å². The van der Waals surface area contributed by atoms with Crippen molar-refractivity contribution in [2.45, 2.75) is 10.8 Å². The van der Waals surface area contributed by atoms with Gasteiger partial charge >= 0.3 is 0 Å². The van der Waals surface area contributed by atoms with E-state index in [9.17, 15) is 10.1 Å². The van der Waals surface area contributed by atoms with Gasteiger partial charge in [0.1, 0.15) is 17.4 Å². The van der Waals surface area contributed by atoms with Crippen LogP contribution in [0.2, 0.25) is 0 Å². The van der Waals surface area contributed by atoms with E-state index in [1.165, 1.54) is 29.7 Å². The van der Waals surface area contributed by atoms with Gasteiger partial charge in [0.25, 0.3) is 5.91 Å². The Bertz CT molecular complexity index is 1200. The van der Waals surface area contributed by atoms with Gasteiger partial charge in [0.15, 0.2) is 15.9 Å². The van der Waals surface area contributed by atoms with Crippen molar-refractivity contribution in [1.29, 1.82) is 5.26 Å². The molecule has 148 valence electrons. The van der Waals surface area contributed by atoms with E-state index in [1.54, 1.807) is 18.2 Å². The summed E-state index contributed by atoms with van der Waals surface area (Å²) in [6, 6.07) is 18.9. The molecule has 0 fully saturated rings. The number of benzene rings is 1. The predicted octanol–water partition coefficient (Wildman–Crippen LogP) is 5.23. The number of rotatable bonds is 7. The van der Waals surface area contributed by atoms with E-state index in [0.717, 1.165) is 17.1 Å². The van der Waals surface area contributed by atoms with Gasteiger partial charge < -0.3 is 8.83 Å². The molecule has 1 N–H and O–H groups in total. The maximum absolute atomic E-state index is 12.4. The van der Waals surface area contributed by atoms with E-state index in [4.69, 9.17) is 8.83 Å². The average Bonchev–Trinajstić information content (AvgIpc) is 3.53. The number of nitrogens with zero attached hydrogens (tertiary/aromatic N) is 3. The molecule has 9 heteroatoms. The van der Waals surface area contributed by atoms with Gasteiger partial charge in [0, 0.05) is 11.8 Å². The molecule has 7 nitrogen and oxygen atoms in total. The Hall–Kier alpha value is -3.61. The van der Waals surface area contributed by atoms with Crippen LogP contribution in [0.25, 0.3) is 16.8 Å². The van der Waals surface area contributed by atoms with E-state index in [0.29, 0.717) is 21.6 Å². The minimum Gasteiger partial charge on any atom is -0.462 e. The summed E-state index contributed by atoms with van der Waals surface area (Å²) in [4.78, 5) is 12.4. The summed E-state index contributed by atoms with van der Waals surface area (Å²) in [6.07, 6.45) is 2.93. The first-order valence-corrected chi connectivity index (χ1v) is 10.6. The number of carbonyl (C=O) groups excluding carboxylic acids is 1. The van der Waals surface area contributed by atoms with Crippen molar-refractivity contribution in [1.82, 2.24) is 10.2 Å². The van der Waals surface area contributed by atoms with Crippen molar-refractivity contribution < 1.29 is 13.6 Å². The third-order valence-corrected chi connectivity index (χ3v) is 5.69. The van der Waals surface area contributed by atoms with E-state index >= 15 is 0 Å². The van der Waals surface area contributed by atoms with Gasteiger partial charge in [-0.05, 0) is 29.8 Å². The standard InChI is InChI=1S/C21H14N4O3S2/c22-12-15(19(26)23-21-25-24-20(30-21)17-7-4-10-27-17)11-16-8-9-18(28-16)29-13-14-5-2-1-3-6-14/h1-11H,13H2,(H,23,25,26)/b15-11-. The summed E-state index contributed by atoms with van der Waals surface area (Å²) in [7, 11) is 0. The smallest absolute Gasteiger partial charge is 0.268 e. The van der Waals surface area contributed by atoms with Crippen LogP contribution in [0.4, 0.5) is 5.13 Å². The van der Waals surface area contributed by atoms with Crippen LogP contribution in [0.15, 0.2) is 80.4 Å². The zero-order valence-corrected chi connectivity index (χ0v) is 17.1. The fourth-order valence-corrected chi connectivity index (χ4v) is 3.97. The topological polar surface area (TPSA) is 105 Å². The van der Waals surface area contributed by atoms with Crippen LogP contribution in [-0.2, 0) is 10.5 Å². The number of hydrogen-bond acceptors (Lipinski definition) is 8. The van der Waals surface area contributed by atoms with Gasteiger partial charge in [-0.25, -0.2) is 0 Å². The lowest BCUT2D eigenvalue weighted by Crippen LogP contribution is -2.13. The highest BCUT2D eigenvalue weighted by molar-refractivity contribution is 7.98. The van der Waals surface area contributed by atoms with Crippen molar-refractivity contribution in [3.05, 3.63) is 77.8 Å². The summed E-state index contributed by atoms with van der Waals surface area (Å²) in [5, 5.41) is 21.3. The Balaban J connectivity index is 1.40. The van der Waals surface area contributed by atoms with Crippen molar-refractivity contribution >= 4 is 40.2 Å². The number of anilines is 1. The van der Waals surface area contributed by atoms with Crippen LogP contribution in [0.1, 0.15) is 11.3 Å². The molecule has 0 saturated carbocycles. The summed E-state index contributed by atoms with van der Waals surface area (Å²) in [5.74, 6) is 1.15. The SMILES string of the molecule is N#C/C(=C/c1ccc(SCc2ccccc2)o1)C(=O)Nc1nnc(-c2ccco2)s1. The third-order valence-electron chi connectivity index (χ3n) is 3.86. The third kappa shape index (κ3) is 4.86. The monoisotopic (exact) mass is 434 g/mol. The molecule has 0 aliphatic heterocycles. The number of nitriles is 1. The van der Waals surface area contributed by atoms with Gasteiger partial charge in [-0.2, -0.15) is 5.26 Å². The molecular formula is C21H14N4O3S2. The highest BCUT2D eigenvalue weighted by atomic mass is 32.2. The largest absolute Gasteiger partial charge is 0.462 e. The zero-order chi connectivity index (χ0) is 20.8. The molecular weight excluding hydrogens is 420 g/mol. The molecule has 30 heavy (non-hydrogen) atoms. The molecule has 4 aromatic rings. The second kappa shape index (κ2) is 9.26. The second-order valence-corrected chi connectivity index (χ2v) is 7.90. The van der Waals surface area contributed by atoms with E-state index in [2.05, 4.69) is 15.5 Å². The van der Waals surface area contributed by atoms with Gasteiger partial charge in [0.2, 0.25) is 5.13 Å². The van der Waals surface area contributed by atoms with E-state index < -0.39 is 5.91 Å².